The Hall–Kier alpha value is -0.380. The van der Waals surface area contributed by atoms with Crippen molar-refractivity contribution in [3.8, 4) is 0 Å². The van der Waals surface area contributed by atoms with E-state index in [0.717, 1.165) is 14.1 Å². The van der Waals surface area contributed by atoms with Gasteiger partial charge in [0.1, 0.15) is 6.54 Å². The van der Waals surface area contributed by atoms with E-state index in [2.05, 4.69) is 0 Å². The minimum atomic E-state index is -4.63. The molecule has 15 heavy (non-hydrogen) atoms. The van der Waals surface area contributed by atoms with E-state index in [1.807, 2.05) is 0 Å². The van der Waals surface area contributed by atoms with Crippen molar-refractivity contribution >= 4 is 10.2 Å². The van der Waals surface area contributed by atoms with Crippen LogP contribution in [0.3, 0.4) is 0 Å². The van der Waals surface area contributed by atoms with Crippen molar-refractivity contribution in [2.24, 2.45) is 0 Å². The zero-order valence-electron chi connectivity index (χ0n) is 8.32. The maximum absolute atomic E-state index is 12.0. The van der Waals surface area contributed by atoms with Gasteiger partial charge in [0.15, 0.2) is 0 Å². The number of alkyl halides is 3. The number of hydrogen-bond donors (Lipinski definition) is 1. The second-order valence-electron chi connectivity index (χ2n) is 2.96. The molecule has 0 amide bonds. The van der Waals surface area contributed by atoms with Gasteiger partial charge in [-0.05, 0) is 0 Å². The summed E-state index contributed by atoms with van der Waals surface area (Å²) < 4.78 is 59.6. The highest BCUT2D eigenvalue weighted by Gasteiger charge is 2.36. The summed E-state index contributed by atoms with van der Waals surface area (Å²) in [6.07, 6.45) is -4.63. The second kappa shape index (κ2) is 5.10. The molecule has 5 nitrogen and oxygen atoms in total. The van der Waals surface area contributed by atoms with E-state index >= 15 is 0 Å². The highest BCUT2D eigenvalue weighted by Crippen LogP contribution is 2.18. The number of aliphatic hydroxyl groups is 1. The molecule has 1 N–H and O–H groups in total. The highest BCUT2D eigenvalue weighted by molar-refractivity contribution is 7.86. The maximum Gasteiger partial charge on any atom is 0.402 e. The van der Waals surface area contributed by atoms with Crippen molar-refractivity contribution in [3.05, 3.63) is 0 Å². The van der Waals surface area contributed by atoms with Crippen molar-refractivity contribution in [2.75, 3.05) is 33.8 Å². The van der Waals surface area contributed by atoms with Gasteiger partial charge in [0.2, 0.25) is 0 Å². The molecule has 0 unspecified atom stereocenters. The van der Waals surface area contributed by atoms with E-state index in [1.54, 1.807) is 0 Å². The predicted octanol–water partition coefficient (Wildman–Crippen LogP) is -0.351. The Balaban J connectivity index is 4.83. The Labute approximate surface area is 86.3 Å². The van der Waals surface area contributed by atoms with Crippen LogP contribution in [0.1, 0.15) is 0 Å². The van der Waals surface area contributed by atoms with Gasteiger partial charge in [0.25, 0.3) is 10.2 Å². The molecular formula is C6H13F3N2O3S. The van der Waals surface area contributed by atoms with Crippen LogP contribution in [0.4, 0.5) is 13.2 Å². The van der Waals surface area contributed by atoms with Gasteiger partial charge in [-0.15, -0.1) is 0 Å². The summed E-state index contributed by atoms with van der Waals surface area (Å²) in [7, 11) is -1.91. The van der Waals surface area contributed by atoms with E-state index in [1.165, 1.54) is 0 Å². The number of rotatable bonds is 5. The molecule has 0 atom stereocenters. The van der Waals surface area contributed by atoms with Crippen molar-refractivity contribution < 1.29 is 26.7 Å². The molecule has 0 heterocycles. The Kier molecular flexibility index (Phi) is 4.97. The summed E-state index contributed by atoms with van der Waals surface area (Å²) in [5, 5.41) is 8.49. The summed E-state index contributed by atoms with van der Waals surface area (Å²) in [5.41, 5.74) is 0. The Morgan fingerprint density at radius 1 is 1.27 bits per heavy atom. The maximum atomic E-state index is 12.0. The molecule has 0 bridgehead atoms. The van der Waals surface area contributed by atoms with Crippen LogP contribution in [0.25, 0.3) is 0 Å². The minimum Gasteiger partial charge on any atom is -0.395 e. The summed E-state index contributed by atoms with van der Waals surface area (Å²) in [6.45, 7) is -2.85. The molecule has 0 fully saturated rings. The topological polar surface area (TPSA) is 60.9 Å². The lowest BCUT2D eigenvalue weighted by molar-refractivity contribution is -0.137. The highest BCUT2D eigenvalue weighted by atomic mass is 32.2. The van der Waals surface area contributed by atoms with E-state index < -0.39 is 36.1 Å². The SMILES string of the molecule is CN(C)S(=O)(=O)N(CCO)CC(F)(F)F. The lowest BCUT2D eigenvalue weighted by atomic mass is 10.6. The van der Waals surface area contributed by atoms with E-state index in [4.69, 9.17) is 5.11 Å². The molecule has 0 spiro atoms. The van der Waals surface area contributed by atoms with Crippen LogP contribution in [-0.4, -0.2) is 62.1 Å². The first kappa shape index (κ1) is 14.6. The standard InChI is InChI=1S/C6H13F3N2O3S/c1-10(2)15(13,14)11(3-4-12)5-6(7,8)9/h12H,3-5H2,1-2H3. The van der Waals surface area contributed by atoms with Crippen LogP contribution >= 0.6 is 0 Å². The summed E-state index contributed by atoms with van der Waals surface area (Å²) >= 11 is 0. The fourth-order valence-corrected chi connectivity index (χ4v) is 1.90. The fourth-order valence-electron chi connectivity index (χ4n) is 0.818. The van der Waals surface area contributed by atoms with E-state index in [9.17, 15) is 21.6 Å². The van der Waals surface area contributed by atoms with Gasteiger partial charge in [-0.2, -0.15) is 30.2 Å². The fraction of sp³-hybridized carbons (Fsp3) is 1.00. The molecule has 0 aliphatic rings. The van der Waals surface area contributed by atoms with Crippen LogP contribution < -0.4 is 0 Å². The first-order chi connectivity index (χ1) is 6.61. The normalized spacial score (nSPS) is 13.9. The average Bonchev–Trinajstić information content (AvgIpc) is 2.00. The van der Waals surface area contributed by atoms with E-state index in [0.29, 0.717) is 4.31 Å². The number of hydrogen-bond acceptors (Lipinski definition) is 3. The van der Waals surface area contributed by atoms with Crippen LogP contribution in [0, 0.1) is 0 Å². The van der Waals surface area contributed by atoms with Crippen molar-refractivity contribution in [1.82, 2.24) is 8.61 Å². The zero-order chi connectivity index (χ0) is 12.3. The molecule has 0 aliphatic heterocycles. The first-order valence-corrected chi connectivity index (χ1v) is 5.36. The quantitative estimate of drug-likeness (QED) is 0.725. The molecule has 0 aromatic carbocycles. The van der Waals surface area contributed by atoms with Gasteiger partial charge in [-0.25, -0.2) is 0 Å². The molecule has 0 radical (unpaired) electrons. The summed E-state index contributed by atoms with van der Waals surface area (Å²) in [5.74, 6) is 0. The Morgan fingerprint density at radius 3 is 2.00 bits per heavy atom. The number of halogens is 3. The number of nitrogens with zero attached hydrogens (tertiary/aromatic N) is 2. The van der Waals surface area contributed by atoms with Gasteiger partial charge in [0.05, 0.1) is 6.61 Å². The van der Waals surface area contributed by atoms with Crippen molar-refractivity contribution in [1.29, 1.82) is 0 Å². The molecule has 0 aromatic rings. The van der Waals surface area contributed by atoms with E-state index in [-0.39, 0.29) is 4.31 Å². The molecule has 0 aliphatic carbocycles. The minimum absolute atomic E-state index is 0.174. The molecular weight excluding hydrogens is 237 g/mol. The van der Waals surface area contributed by atoms with Gasteiger partial charge in [-0.1, -0.05) is 0 Å². The molecule has 9 heteroatoms. The third kappa shape index (κ3) is 4.78. The van der Waals surface area contributed by atoms with Gasteiger partial charge in [-0.3, -0.25) is 0 Å². The van der Waals surface area contributed by atoms with Crippen LogP contribution in [-0.2, 0) is 10.2 Å². The summed E-state index contributed by atoms with van der Waals surface area (Å²) in [4.78, 5) is 0. The van der Waals surface area contributed by atoms with Gasteiger partial charge < -0.3 is 5.11 Å². The molecule has 0 rings (SSSR count). The smallest absolute Gasteiger partial charge is 0.395 e. The van der Waals surface area contributed by atoms with Crippen LogP contribution in [0.5, 0.6) is 0 Å². The van der Waals surface area contributed by atoms with Gasteiger partial charge >= 0.3 is 6.18 Å². The molecule has 0 saturated heterocycles. The number of aliphatic hydroxyl groups excluding tert-OH is 1. The average molecular weight is 250 g/mol. The largest absolute Gasteiger partial charge is 0.402 e. The molecule has 0 aromatic heterocycles. The zero-order valence-corrected chi connectivity index (χ0v) is 9.14. The predicted molar refractivity (Wildman–Crippen MR) is 47.3 cm³/mol. The van der Waals surface area contributed by atoms with Crippen LogP contribution in [0.15, 0.2) is 0 Å². The Morgan fingerprint density at radius 2 is 1.73 bits per heavy atom. The lowest BCUT2D eigenvalue weighted by Crippen LogP contribution is -2.45. The van der Waals surface area contributed by atoms with Crippen LogP contribution in [0.2, 0.25) is 0 Å². The third-order valence-electron chi connectivity index (χ3n) is 1.49. The second-order valence-corrected chi connectivity index (χ2v) is 5.10. The first-order valence-electron chi connectivity index (χ1n) is 3.96. The van der Waals surface area contributed by atoms with Crippen molar-refractivity contribution in [2.45, 2.75) is 6.18 Å². The third-order valence-corrected chi connectivity index (χ3v) is 3.38. The summed E-state index contributed by atoms with van der Waals surface area (Å²) in [6, 6.07) is 0. The van der Waals surface area contributed by atoms with Gasteiger partial charge in [0, 0.05) is 20.6 Å². The lowest BCUT2D eigenvalue weighted by Gasteiger charge is -2.25. The molecule has 92 valence electrons. The monoisotopic (exact) mass is 250 g/mol. The molecule has 0 saturated carbocycles. The van der Waals surface area contributed by atoms with Crippen molar-refractivity contribution in [3.63, 3.8) is 0 Å². The Bertz CT molecular complexity index is 288.